The van der Waals surface area contributed by atoms with E-state index in [1.807, 2.05) is 41.1 Å². The monoisotopic (exact) mass is 269 g/mol. The molecule has 1 aromatic carbocycles. The maximum absolute atomic E-state index is 12.4. The van der Waals surface area contributed by atoms with Crippen molar-refractivity contribution in [1.82, 2.24) is 9.55 Å². The number of fused-ring (bicyclic) bond motifs is 3. The Morgan fingerprint density at radius 1 is 1.21 bits per heavy atom. The lowest BCUT2D eigenvalue weighted by molar-refractivity contribution is 0.0989. The zero-order valence-corrected chi connectivity index (χ0v) is 10.9. The molecule has 3 aromatic rings. The molecule has 4 rings (SSSR count). The number of hydrogen-bond donors (Lipinski definition) is 0. The molecule has 1 aliphatic heterocycles. The number of rotatable bonds is 1. The van der Waals surface area contributed by atoms with Gasteiger partial charge in [-0.3, -0.25) is 9.69 Å². The molecule has 94 valence electrons. The Hall–Kier alpha value is -2.14. The van der Waals surface area contributed by atoms with Gasteiger partial charge in [0.1, 0.15) is 0 Å². The summed E-state index contributed by atoms with van der Waals surface area (Å²) >= 11 is 1.54. The van der Waals surface area contributed by atoms with Crippen LogP contribution in [0.25, 0.3) is 11.0 Å². The van der Waals surface area contributed by atoms with E-state index in [0.29, 0.717) is 6.54 Å². The van der Waals surface area contributed by atoms with E-state index in [0.717, 1.165) is 29.1 Å². The van der Waals surface area contributed by atoms with Crippen LogP contribution in [0.5, 0.6) is 0 Å². The topological polar surface area (TPSA) is 38.1 Å². The number of nitrogens with zero attached hydrogens (tertiary/aromatic N) is 3. The van der Waals surface area contributed by atoms with Crippen LogP contribution < -0.4 is 4.90 Å². The molecule has 0 radical (unpaired) electrons. The Kier molecular flexibility index (Phi) is 2.22. The molecule has 0 N–H and O–H groups in total. The molecule has 4 nitrogen and oxygen atoms in total. The van der Waals surface area contributed by atoms with E-state index in [2.05, 4.69) is 9.55 Å². The smallest absolute Gasteiger partial charge is 0.261 e. The molecule has 5 heteroatoms. The van der Waals surface area contributed by atoms with Crippen molar-refractivity contribution in [2.24, 2.45) is 0 Å². The summed E-state index contributed by atoms with van der Waals surface area (Å²) in [6, 6.07) is 9.85. The Morgan fingerprint density at radius 2 is 2.11 bits per heavy atom. The van der Waals surface area contributed by atoms with Crippen molar-refractivity contribution in [1.29, 1.82) is 0 Å². The van der Waals surface area contributed by atoms with Gasteiger partial charge in [0.2, 0.25) is 5.95 Å². The zero-order chi connectivity index (χ0) is 12.8. The van der Waals surface area contributed by atoms with Crippen molar-refractivity contribution in [2.75, 3.05) is 11.4 Å². The third-order valence-electron chi connectivity index (χ3n) is 3.44. The summed E-state index contributed by atoms with van der Waals surface area (Å²) in [6.07, 6.45) is 0. The summed E-state index contributed by atoms with van der Waals surface area (Å²) in [5.41, 5.74) is 2.78. The number of imidazole rings is 1. The van der Waals surface area contributed by atoms with E-state index in [1.54, 1.807) is 4.90 Å². The average molecular weight is 269 g/mol. The molecule has 0 saturated carbocycles. The number of amides is 1. The van der Waals surface area contributed by atoms with Gasteiger partial charge in [0.05, 0.1) is 16.6 Å². The molecule has 0 bridgehead atoms. The highest BCUT2D eigenvalue weighted by molar-refractivity contribution is 7.08. The molecule has 0 fully saturated rings. The Bertz CT molecular complexity index is 760. The number of hydrogen-bond acceptors (Lipinski definition) is 3. The number of carbonyl (C=O) groups is 1. The van der Waals surface area contributed by atoms with E-state index >= 15 is 0 Å². The van der Waals surface area contributed by atoms with Gasteiger partial charge in [-0.2, -0.15) is 11.3 Å². The van der Waals surface area contributed by atoms with E-state index < -0.39 is 0 Å². The number of thiophene rings is 1. The molecule has 0 unspecified atom stereocenters. The summed E-state index contributed by atoms with van der Waals surface area (Å²) in [5, 5.41) is 3.81. The molecule has 3 heterocycles. The molecule has 0 spiro atoms. The predicted molar refractivity (Wildman–Crippen MR) is 75.7 cm³/mol. The summed E-state index contributed by atoms with van der Waals surface area (Å²) in [5.74, 6) is 0.799. The first kappa shape index (κ1) is 10.8. The molecule has 1 amide bonds. The maximum atomic E-state index is 12.4. The van der Waals surface area contributed by atoms with Gasteiger partial charge in [-0.15, -0.1) is 0 Å². The summed E-state index contributed by atoms with van der Waals surface area (Å²) in [7, 11) is 0. The largest absolute Gasteiger partial charge is 0.308 e. The van der Waals surface area contributed by atoms with Crippen LogP contribution in [-0.4, -0.2) is 22.0 Å². The van der Waals surface area contributed by atoms with Gasteiger partial charge in [0, 0.05) is 18.5 Å². The SMILES string of the molecule is O=C(c1ccsc1)N1CCn2c1nc1ccccc12. The molecule has 0 atom stereocenters. The fourth-order valence-electron chi connectivity index (χ4n) is 2.52. The Labute approximate surface area is 113 Å². The summed E-state index contributed by atoms with van der Waals surface area (Å²) in [4.78, 5) is 18.8. The van der Waals surface area contributed by atoms with Crippen LogP contribution in [0.3, 0.4) is 0 Å². The molecule has 1 aliphatic rings. The molecule has 0 aliphatic carbocycles. The van der Waals surface area contributed by atoms with E-state index in [4.69, 9.17) is 0 Å². The number of para-hydroxylation sites is 2. The number of anilines is 1. The fourth-order valence-corrected chi connectivity index (χ4v) is 3.15. The maximum Gasteiger partial charge on any atom is 0.261 e. The Morgan fingerprint density at radius 3 is 2.95 bits per heavy atom. The predicted octanol–water partition coefficient (Wildman–Crippen LogP) is 2.76. The lowest BCUT2D eigenvalue weighted by Crippen LogP contribution is -2.29. The van der Waals surface area contributed by atoms with Crippen molar-refractivity contribution >= 4 is 34.2 Å². The van der Waals surface area contributed by atoms with Crippen LogP contribution in [0.15, 0.2) is 41.1 Å². The van der Waals surface area contributed by atoms with Crippen LogP contribution in [-0.2, 0) is 6.54 Å². The van der Waals surface area contributed by atoms with Crippen molar-refractivity contribution < 1.29 is 4.79 Å². The lowest BCUT2D eigenvalue weighted by atomic mass is 10.3. The first-order valence-corrected chi connectivity index (χ1v) is 7.08. The standard InChI is InChI=1S/C14H11N3OS/c18-13(10-5-8-19-9-10)17-7-6-16-12-4-2-1-3-11(12)15-14(16)17/h1-5,8-9H,6-7H2. The molecular weight excluding hydrogens is 258 g/mol. The summed E-state index contributed by atoms with van der Waals surface area (Å²) < 4.78 is 2.11. The normalized spacial score (nSPS) is 14.0. The molecule has 2 aromatic heterocycles. The lowest BCUT2D eigenvalue weighted by Gasteiger charge is -2.12. The second kappa shape index (κ2) is 3.93. The Balaban J connectivity index is 1.82. The average Bonchev–Trinajstić information content (AvgIpc) is 3.14. The van der Waals surface area contributed by atoms with Gasteiger partial charge in [-0.05, 0) is 23.6 Å². The van der Waals surface area contributed by atoms with Crippen LogP contribution in [0.4, 0.5) is 5.95 Å². The van der Waals surface area contributed by atoms with E-state index in [-0.39, 0.29) is 5.91 Å². The van der Waals surface area contributed by atoms with Gasteiger partial charge in [0.25, 0.3) is 5.91 Å². The van der Waals surface area contributed by atoms with Crippen LogP contribution in [0.1, 0.15) is 10.4 Å². The van der Waals surface area contributed by atoms with Gasteiger partial charge in [-0.1, -0.05) is 12.1 Å². The van der Waals surface area contributed by atoms with Gasteiger partial charge in [-0.25, -0.2) is 4.98 Å². The number of carbonyl (C=O) groups excluding carboxylic acids is 1. The first-order valence-electron chi connectivity index (χ1n) is 6.14. The highest BCUT2D eigenvalue weighted by Gasteiger charge is 2.28. The van der Waals surface area contributed by atoms with E-state index in [1.165, 1.54) is 11.3 Å². The minimum atomic E-state index is 0.0373. The van der Waals surface area contributed by atoms with Crippen molar-refractivity contribution in [2.45, 2.75) is 6.54 Å². The third kappa shape index (κ3) is 1.51. The van der Waals surface area contributed by atoms with Crippen molar-refractivity contribution in [3.05, 3.63) is 46.7 Å². The summed E-state index contributed by atoms with van der Waals surface area (Å²) in [6.45, 7) is 1.51. The van der Waals surface area contributed by atoms with E-state index in [9.17, 15) is 4.79 Å². The van der Waals surface area contributed by atoms with Gasteiger partial charge >= 0.3 is 0 Å². The van der Waals surface area contributed by atoms with Crippen molar-refractivity contribution in [3.63, 3.8) is 0 Å². The fraction of sp³-hybridized carbons (Fsp3) is 0.143. The highest BCUT2D eigenvalue weighted by Crippen LogP contribution is 2.28. The number of benzene rings is 1. The minimum absolute atomic E-state index is 0.0373. The quantitative estimate of drug-likeness (QED) is 0.681. The molecular formula is C14H11N3OS. The van der Waals surface area contributed by atoms with Crippen LogP contribution in [0, 0.1) is 0 Å². The van der Waals surface area contributed by atoms with Crippen LogP contribution >= 0.6 is 11.3 Å². The van der Waals surface area contributed by atoms with Gasteiger partial charge in [0.15, 0.2) is 0 Å². The minimum Gasteiger partial charge on any atom is -0.308 e. The molecule has 0 saturated heterocycles. The molecule has 19 heavy (non-hydrogen) atoms. The van der Waals surface area contributed by atoms with Gasteiger partial charge < -0.3 is 4.57 Å². The van der Waals surface area contributed by atoms with Crippen molar-refractivity contribution in [3.8, 4) is 0 Å². The second-order valence-corrected chi connectivity index (χ2v) is 5.30. The second-order valence-electron chi connectivity index (χ2n) is 4.52. The first-order chi connectivity index (χ1) is 9.34. The third-order valence-corrected chi connectivity index (χ3v) is 4.12. The van der Waals surface area contributed by atoms with Crippen LogP contribution in [0.2, 0.25) is 0 Å². The highest BCUT2D eigenvalue weighted by atomic mass is 32.1. The number of aromatic nitrogens is 2. The zero-order valence-electron chi connectivity index (χ0n) is 10.1.